The lowest BCUT2D eigenvalue weighted by Gasteiger charge is -2.35. The molecule has 3 aromatic rings. The van der Waals surface area contributed by atoms with Gasteiger partial charge in [0.25, 0.3) is 5.91 Å². The zero-order chi connectivity index (χ0) is 17.4. The van der Waals surface area contributed by atoms with E-state index in [4.69, 9.17) is 0 Å². The Morgan fingerprint density at radius 3 is 2.00 bits per heavy atom. The monoisotopic (exact) mass is 329 g/mol. The highest BCUT2D eigenvalue weighted by atomic mass is 16.3. The summed E-state index contributed by atoms with van der Waals surface area (Å²) in [6.07, 6.45) is 0. The van der Waals surface area contributed by atoms with Gasteiger partial charge in [-0.2, -0.15) is 0 Å². The standard InChI is InChI=1S/C22H19NO2/c1-15-12-13-18-19(14-15)21(24)23-20(18)22(25,16-8-4-2-5-9-16)17-10-6-3-7-11-17/h2-14,20,25H,1H3,(H,23,24). The van der Waals surface area contributed by atoms with Crippen molar-refractivity contribution in [2.24, 2.45) is 0 Å². The van der Waals surface area contributed by atoms with Gasteiger partial charge in [0.2, 0.25) is 0 Å². The highest BCUT2D eigenvalue weighted by molar-refractivity contribution is 5.99. The van der Waals surface area contributed by atoms with E-state index < -0.39 is 11.6 Å². The Kier molecular flexibility index (Phi) is 3.66. The maximum absolute atomic E-state index is 12.5. The summed E-state index contributed by atoms with van der Waals surface area (Å²) < 4.78 is 0. The molecule has 1 unspecified atom stereocenters. The van der Waals surface area contributed by atoms with E-state index in [1.807, 2.05) is 85.8 Å². The number of fused-ring (bicyclic) bond motifs is 1. The Morgan fingerprint density at radius 1 is 0.880 bits per heavy atom. The smallest absolute Gasteiger partial charge is 0.252 e. The lowest BCUT2D eigenvalue weighted by molar-refractivity contribution is 0.0385. The maximum atomic E-state index is 12.5. The Balaban J connectivity index is 1.94. The zero-order valence-corrected chi connectivity index (χ0v) is 13.9. The fourth-order valence-electron chi connectivity index (χ4n) is 3.62. The summed E-state index contributed by atoms with van der Waals surface area (Å²) in [6, 6.07) is 24.2. The quantitative estimate of drug-likeness (QED) is 0.769. The number of hydrogen-bond donors (Lipinski definition) is 2. The van der Waals surface area contributed by atoms with Gasteiger partial charge in [0.15, 0.2) is 0 Å². The van der Waals surface area contributed by atoms with Gasteiger partial charge in [-0.25, -0.2) is 0 Å². The summed E-state index contributed by atoms with van der Waals surface area (Å²) in [7, 11) is 0. The van der Waals surface area contributed by atoms with E-state index in [2.05, 4.69) is 5.32 Å². The van der Waals surface area contributed by atoms with Crippen molar-refractivity contribution in [3.8, 4) is 0 Å². The van der Waals surface area contributed by atoms with Gasteiger partial charge >= 0.3 is 0 Å². The van der Waals surface area contributed by atoms with Crippen LogP contribution in [0.4, 0.5) is 0 Å². The number of benzene rings is 3. The largest absolute Gasteiger partial charge is 0.378 e. The molecule has 1 aliphatic heterocycles. The molecule has 4 rings (SSSR count). The van der Waals surface area contributed by atoms with Gasteiger partial charge in [-0.1, -0.05) is 78.4 Å². The molecule has 0 saturated heterocycles. The van der Waals surface area contributed by atoms with Crippen LogP contribution in [0.5, 0.6) is 0 Å². The number of nitrogens with one attached hydrogen (secondary N) is 1. The van der Waals surface area contributed by atoms with Gasteiger partial charge in [0.1, 0.15) is 5.60 Å². The second kappa shape index (κ2) is 5.87. The highest BCUT2D eigenvalue weighted by Gasteiger charge is 2.46. The normalized spacial score (nSPS) is 16.4. The third-order valence-electron chi connectivity index (χ3n) is 4.89. The Morgan fingerprint density at radius 2 is 1.44 bits per heavy atom. The summed E-state index contributed by atoms with van der Waals surface area (Å²) in [4.78, 5) is 12.5. The summed E-state index contributed by atoms with van der Waals surface area (Å²) in [5.41, 5.74) is 2.64. The molecule has 25 heavy (non-hydrogen) atoms. The van der Waals surface area contributed by atoms with E-state index in [1.165, 1.54) is 0 Å². The van der Waals surface area contributed by atoms with E-state index in [0.29, 0.717) is 5.56 Å². The molecule has 1 aliphatic rings. The second-order valence-electron chi connectivity index (χ2n) is 6.50. The van der Waals surface area contributed by atoms with Crippen LogP contribution in [-0.4, -0.2) is 11.0 Å². The molecule has 1 atom stereocenters. The molecule has 0 bridgehead atoms. The minimum Gasteiger partial charge on any atom is -0.378 e. The van der Waals surface area contributed by atoms with Crippen LogP contribution in [0, 0.1) is 6.92 Å². The first-order valence-electron chi connectivity index (χ1n) is 8.35. The van der Waals surface area contributed by atoms with Gasteiger partial charge < -0.3 is 10.4 Å². The molecule has 1 heterocycles. The zero-order valence-electron chi connectivity index (χ0n) is 13.9. The van der Waals surface area contributed by atoms with Crippen LogP contribution in [0.25, 0.3) is 0 Å². The van der Waals surface area contributed by atoms with Crippen molar-refractivity contribution in [3.63, 3.8) is 0 Å². The summed E-state index contributed by atoms with van der Waals surface area (Å²) in [6.45, 7) is 1.96. The minimum atomic E-state index is -1.35. The fraction of sp³-hybridized carbons (Fsp3) is 0.136. The topological polar surface area (TPSA) is 49.3 Å². The summed E-state index contributed by atoms with van der Waals surface area (Å²) >= 11 is 0. The predicted molar refractivity (Wildman–Crippen MR) is 97.3 cm³/mol. The van der Waals surface area contributed by atoms with Crippen LogP contribution in [-0.2, 0) is 5.60 Å². The first-order valence-corrected chi connectivity index (χ1v) is 8.35. The van der Waals surface area contributed by atoms with Gasteiger partial charge in [0, 0.05) is 5.56 Å². The molecular weight excluding hydrogens is 310 g/mol. The molecule has 0 radical (unpaired) electrons. The van der Waals surface area contributed by atoms with E-state index in [1.54, 1.807) is 0 Å². The van der Waals surface area contributed by atoms with Crippen molar-refractivity contribution in [2.75, 3.05) is 0 Å². The molecule has 0 spiro atoms. The van der Waals surface area contributed by atoms with E-state index in [9.17, 15) is 9.90 Å². The number of aliphatic hydroxyl groups is 1. The second-order valence-corrected chi connectivity index (χ2v) is 6.50. The molecule has 0 aliphatic carbocycles. The highest BCUT2D eigenvalue weighted by Crippen LogP contribution is 2.44. The SMILES string of the molecule is Cc1ccc2c(c1)C(=O)NC2C(O)(c1ccccc1)c1ccccc1. The molecule has 3 heteroatoms. The molecule has 0 saturated carbocycles. The third-order valence-corrected chi connectivity index (χ3v) is 4.89. The first kappa shape index (κ1) is 15.6. The van der Waals surface area contributed by atoms with Crippen LogP contribution in [0.1, 0.15) is 38.7 Å². The Labute approximate surface area is 147 Å². The molecular formula is C22H19NO2. The van der Waals surface area contributed by atoms with Crippen LogP contribution < -0.4 is 5.32 Å². The molecule has 3 nitrogen and oxygen atoms in total. The Bertz CT molecular complexity index is 880. The fourth-order valence-corrected chi connectivity index (χ4v) is 3.62. The summed E-state index contributed by atoms with van der Waals surface area (Å²) in [5.74, 6) is -0.144. The average Bonchev–Trinajstić information content (AvgIpc) is 2.99. The van der Waals surface area contributed by atoms with E-state index in [-0.39, 0.29) is 5.91 Å². The number of hydrogen-bond acceptors (Lipinski definition) is 2. The molecule has 2 N–H and O–H groups in total. The molecule has 3 aromatic carbocycles. The van der Waals surface area contributed by atoms with Crippen molar-refractivity contribution < 1.29 is 9.90 Å². The van der Waals surface area contributed by atoms with Crippen molar-refractivity contribution in [1.29, 1.82) is 0 Å². The number of rotatable bonds is 3. The third kappa shape index (κ3) is 2.44. The van der Waals surface area contributed by atoms with Gasteiger partial charge in [-0.15, -0.1) is 0 Å². The van der Waals surface area contributed by atoms with Crippen LogP contribution in [0.2, 0.25) is 0 Å². The minimum absolute atomic E-state index is 0.144. The molecule has 124 valence electrons. The van der Waals surface area contributed by atoms with Crippen LogP contribution in [0.15, 0.2) is 78.9 Å². The van der Waals surface area contributed by atoms with Gasteiger partial charge in [-0.05, 0) is 29.7 Å². The van der Waals surface area contributed by atoms with Gasteiger partial charge in [0.05, 0.1) is 6.04 Å². The summed E-state index contributed by atoms with van der Waals surface area (Å²) in [5, 5.41) is 14.9. The molecule has 0 fully saturated rings. The first-order chi connectivity index (χ1) is 12.1. The molecule has 1 amide bonds. The van der Waals surface area contributed by atoms with Crippen molar-refractivity contribution in [1.82, 2.24) is 5.32 Å². The van der Waals surface area contributed by atoms with Crippen molar-refractivity contribution in [2.45, 2.75) is 18.6 Å². The lowest BCUT2D eigenvalue weighted by atomic mass is 9.77. The maximum Gasteiger partial charge on any atom is 0.252 e. The van der Waals surface area contributed by atoms with Crippen molar-refractivity contribution in [3.05, 3.63) is 107 Å². The van der Waals surface area contributed by atoms with E-state index in [0.717, 1.165) is 22.3 Å². The Hall–Kier alpha value is -2.91. The number of carbonyl (C=O) groups is 1. The lowest BCUT2D eigenvalue weighted by Crippen LogP contribution is -2.41. The van der Waals surface area contributed by atoms with Crippen LogP contribution in [0.3, 0.4) is 0 Å². The van der Waals surface area contributed by atoms with Gasteiger partial charge in [-0.3, -0.25) is 4.79 Å². The van der Waals surface area contributed by atoms with Crippen molar-refractivity contribution >= 4 is 5.91 Å². The molecule has 0 aromatic heterocycles. The number of amides is 1. The predicted octanol–water partition coefficient (Wildman–Crippen LogP) is 3.72. The van der Waals surface area contributed by atoms with Crippen LogP contribution >= 0.6 is 0 Å². The average molecular weight is 329 g/mol. The van der Waals surface area contributed by atoms with E-state index >= 15 is 0 Å². The number of carbonyl (C=O) groups excluding carboxylic acids is 1. The number of aryl methyl sites for hydroxylation is 1.